The third-order valence-corrected chi connectivity index (χ3v) is 3.20. The van der Waals surface area contributed by atoms with Gasteiger partial charge in [-0.2, -0.15) is 0 Å². The SMILES string of the molecule is CCOCCOc1ccc(NC(=S)NC(=O)C2CC2)cc1. The number of amides is 1. The van der Waals surface area contributed by atoms with E-state index in [-0.39, 0.29) is 11.8 Å². The van der Waals surface area contributed by atoms with Crippen LogP contribution in [0.15, 0.2) is 24.3 Å². The lowest BCUT2D eigenvalue weighted by Crippen LogP contribution is -2.35. The number of nitrogens with one attached hydrogen (secondary N) is 2. The summed E-state index contributed by atoms with van der Waals surface area (Å²) < 4.78 is 10.7. The van der Waals surface area contributed by atoms with Crippen molar-refractivity contribution in [3.05, 3.63) is 24.3 Å². The van der Waals surface area contributed by atoms with E-state index in [0.717, 1.165) is 24.3 Å². The molecule has 0 aromatic heterocycles. The Balaban J connectivity index is 1.73. The molecule has 2 N–H and O–H groups in total. The van der Waals surface area contributed by atoms with E-state index < -0.39 is 0 Å². The molecule has 21 heavy (non-hydrogen) atoms. The maximum atomic E-state index is 11.6. The Kier molecular flexibility index (Phi) is 5.95. The van der Waals surface area contributed by atoms with E-state index in [4.69, 9.17) is 21.7 Å². The summed E-state index contributed by atoms with van der Waals surface area (Å²) in [5.41, 5.74) is 0.813. The predicted octanol–water partition coefficient (Wildman–Crippen LogP) is 2.32. The van der Waals surface area contributed by atoms with Gasteiger partial charge < -0.3 is 20.1 Å². The van der Waals surface area contributed by atoms with Gasteiger partial charge in [0.15, 0.2) is 5.11 Å². The number of carbonyl (C=O) groups excluding carboxylic acids is 1. The van der Waals surface area contributed by atoms with Crippen molar-refractivity contribution in [3.8, 4) is 5.75 Å². The topological polar surface area (TPSA) is 59.6 Å². The maximum absolute atomic E-state index is 11.6. The zero-order valence-electron chi connectivity index (χ0n) is 12.1. The number of ether oxygens (including phenoxy) is 2. The van der Waals surface area contributed by atoms with Gasteiger partial charge in [0.2, 0.25) is 5.91 Å². The van der Waals surface area contributed by atoms with Gasteiger partial charge in [-0.3, -0.25) is 4.79 Å². The maximum Gasteiger partial charge on any atom is 0.229 e. The van der Waals surface area contributed by atoms with Crippen LogP contribution >= 0.6 is 12.2 Å². The average Bonchev–Trinajstić information content (AvgIpc) is 3.30. The fourth-order valence-corrected chi connectivity index (χ4v) is 1.94. The molecule has 0 radical (unpaired) electrons. The van der Waals surface area contributed by atoms with Crippen LogP contribution in [0.1, 0.15) is 19.8 Å². The highest BCUT2D eigenvalue weighted by Gasteiger charge is 2.29. The molecule has 114 valence electrons. The van der Waals surface area contributed by atoms with Crippen molar-refractivity contribution in [1.29, 1.82) is 0 Å². The number of anilines is 1. The van der Waals surface area contributed by atoms with Crippen molar-refractivity contribution < 1.29 is 14.3 Å². The van der Waals surface area contributed by atoms with Gasteiger partial charge in [-0.05, 0) is 56.2 Å². The fraction of sp³-hybridized carbons (Fsp3) is 0.467. The Bertz CT molecular complexity index is 486. The van der Waals surface area contributed by atoms with E-state index in [9.17, 15) is 4.79 Å². The third kappa shape index (κ3) is 5.69. The summed E-state index contributed by atoms with van der Waals surface area (Å²) in [6, 6.07) is 7.40. The smallest absolute Gasteiger partial charge is 0.229 e. The van der Waals surface area contributed by atoms with E-state index >= 15 is 0 Å². The van der Waals surface area contributed by atoms with Crippen molar-refractivity contribution in [3.63, 3.8) is 0 Å². The molecule has 2 rings (SSSR count). The van der Waals surface area contributed by atoms with E-state index in [1.807, 2.05) is 31.2 Å². The number of thiocarbonyl (C=S) groups is 1. The van der Waals surface area contributed by atoms with Crippen LogP contribution < -0.4 is 15.4 Å². The van der Waals surface area contributed by atoms with Crippen LogP contribution in [0.3, 0.4) is 0 Å². The lowest BCUT2D eigenvalue weighted by atomic mass is 10.3. The first-order valence-corrected chi connectivity index (χ1v) is 7.52. The number of hydrogen-bond acceptors (Lipinski definition) is 4. The predicted molar refractivity (Wildman–Crippen MR) is 85.5 cm³/mol. The minimum Gasteiger partial charge on any atom is -0.491 e. The molecule has 0 atom stereocenters. The molecular weight excluding hydrogens is 288 g/mol. The number of carbonyl (C=O) groups is 1. The number of rotatable bonds is 7. The third-order valence-electron chi connectivity index (χ3n) is 3.00. The summed E-state index contributed by atoms with van der Waals surface area (Å²) in [7, 11) is 0. The highest BCUT2D eigenvalue weighted by Crippen LogP contribution is 2.28. The highest BCUT2D eigenvalue weighted by molar-refractivity contribution is 7.80. The summed E-state index contributed by atoms with van der Waals surface area (Å²) in [5, 5.41) is 6.00. The second kappa shape index (κ2) is 7.95. The second-order valence-corrected chi connectivity index (χ2v) is 5.20. The van der Waals surface area contributed by atoms with Crippen molar-refractivity contribution in [2.45, 2.75) is 19.8 Å². The summed E-state index contributed by atoms with van der Waals surface area (Å²) in [4.78, 5) is 11.6. The first kappa shape index (κ1) is 15.7. The van der Waals surface area contributed by atoms with E-state index in [0.29, 0.717) is 24.9 Å². The lowest BCUT2D eigenvalue weighted by Gasteiger charge is -2.10. The summed E-state index contributed by atoms with van der Waals surface area (Å²) in [5.74, 6) is 0.919. The summed E-state index contributed by atoms with van der Waals surface area (Å²) in [6.45, 7) is 3.74. The van der Waals surface area contributed by atoms with Crippen LogP contribution in [0, 0.1) is 5.92 Å². The largest absolute Gasteiger partial charge is 0.491 e. The molecular formula is C15H20N2O3S. The molecule has 0 aliphatic heterocycles. The van der Waals surface area contributed by atoms with Crippen LogP contribution in [0.5, 0.6) is 5.75 Å². The molecule has 0 bridgehead atoms. The van der Waals surface area contributed by atoms with Gasteiger partial charge in [0, 0.05) is 18.2 Å². The number of benzene rings is 1. The van der Waals surface area contributed by atoms with Gasteiger partial charge in [0.05, 0.1) is 6.61 Å². The quantitative estimate of drug-likeness (QED) is 0.598. The molecule has 1 amide bonds. The van der Waals surface area contributed by atoms with Crippen molar-refractivity contribution in [2.24, 2.45) is 5.92 Å². The van der Waals surface area contributed by atoms with Gasteiger partial charge in [0.1, 0.15) is 12.4 Å². The normalized spacial score (nSPS) is 13.6. The Hall–Kier alpha value is -1.66. The van der Waals surface area contributed by atoms with Crippen LogP contribution in [-0.2, 0) is 9.53 Å². The second-order valence-electron chi connectivity index (χ2n) is 4.79. The van der Waals surface area contributed by atoms with Crippen molar-refractivity contribution >= 4 is 28.9 Å². The highest BCUT2D eigenvalue weighted by atomic mass is 32.1. The zero-order valence-corrected chi connectivity index (χ0v) is 12.9. The first-order valence-electron chi connectivity index (χ1n) is 7.11. The van der Waals surface area contributed by atoms with Gasteiger partial charge in [-0.25, -0.2) is 0 Å². The van der Waals surface area contributed by atoms with Crippen molar-refractivity contribution in [2.75, 3.05) is 25.1 Å². The first-order chi connectivity index (χ1) is 10.2. The lowest BCUT2D eigenvalue weighted by molar-refractivity contribution is -0.120. The van der Waals surface area contributed by atoms with Gasteiger partial charge in [-0.15, -0.1) is 0 Å². The molecule has 1 aromatic rings. The molecule has 0 heterocycles. The number of hydrogen-bond donors (Lipinski definition) is 2. The molecule has 5 nitrogen and oxygen atoms in total. The Labute approximate surface area is 130 Å². The summed E-state index contributed by atoms with van der Waals surface area (Å²) in [6.07, 6.45) is 1.92. The minimum absolute atomic E-state index is 0.00313. The Morgan fingerprint density at radius 1 is 1.29 bits per heavy atom. The molecule has 1 aliphatic carbocycles. The molecule has 0 spiro atoms. The molecule has 6 heteroatoms. The van der Waals surface area contributed by atoms with E-state index in [2.05, 4.69) is 10.6 Å². The zero-order chi connectivity index (χ0) is 15.1. The van der Waals surface area contributed by atoms with Crippen LogP contribution in [0.4, 0.5) is 5.69 Å². The molecule has 0 saturated heterocycles. The Morgan fingerprint density at radius 2 is 2.00 bits per heavy atom. The van der Waals surface area contributed by atoms with Gasteiger partial charge >= 0.3 is 0 Å². The van der Waals surface area contributed by atoms with Gasteiger partial charge in [0.25, 0.3) is 0 Å². The standard InChI is InChI=1S/C15H20N2O3S/c1-2-19-9-10-20-13-7-5-12(6-8-13)16-15(21)17-14(18)11-3-4-11/h5-8,11H,2-4,9-10H2,1H3,(H2,16,17,18,21). The van der Waals surface area contributed by atoms with Crippen LogP contribution in [0.2, 0.25) is 0 Å². The monoisotopic (exact) mass is 308 g/mol. The molecule has 1 fully saturated rings. The minimum atomic E-state index is 0.00313. The molecule has 1 aliphatic rings. The average molecular weight is 308 g/mol. The molecule has 0 unspecified atom stereocenters. The van der Waals surface area contributed by atoms with Gasteiger partial charge in [-0.1, -0.05) is 0 Å². The van der Waals surface area contributed by atoms with E-state index in [1.54, 1.807) is 0 Å². The van der Waals surface area contributed by atoms with Crippen LogP contribution in [-0.4, -0.2) is 30.8 Å². The Morgan fingerprint density at radius 3 is 2.62 bits per heavy atom. The molecule has 1 saturated carbocycles. The van der Waals surface area contributed by atoms with Crippen molar-refractivity contribution in [1.82, 2.24) is 5.32 Å². The fourth-order valence-electron chi connectivity index (χ4n) is 1.72. The van der Waals surface area contributed by atoms with E-state index in [1.165, 1.54) is 0 Å². The summed E-state index contributed by atoms with van der Waals surface area (Å²) >= 11 is 5.10. The van der Waals surface area contributed by atoms with Crippen LogP contribution in [0.25, 0.3) is 0 Å². The molecule has 1 aromatic carbocycles.